The number of halogens is 1. The quantitative estimate of drug-likeness (QED) is 0.786. The topological polar surface area (TPSA) is 17.1 Å². The van der Waals surface area contributed by atoms with Crippen molar-refractivity contribution in [1.82, 2.24) is 0 Å². The summed E-state index contributed by atoms with van der Waals surface area (Å²) in [5, 5.41) is 0. The Morgan fingerprint density at radius 3 is 1.95 bits per heavy atom. The summed E-state index contributed by atoms with van der Waals surface area (Å²) in [7, 11) is 0. The van der Waals surface area contributed by atoms with Gasteiger partial charge in [-0.25, -0.2) is 4.39 Å². The minimum absolute atomic E-state index is 0.0139. The first kappa shape index (κ1) is 13.0. The largest absolute Gasteiger partial charge is 0.298 e. The van der Waals surface area contributed by atoms with Gasteiger partial charge in [-0.1, -0.05) is 48.9 Å². The van der Waals surface area contributed by atoms with Gasteiger partial charge in [-0.2, -0.15) is 0 Å². The first-order valence-electron chi connectivity index (χ1n) is 7.10. The fourth-order valence-electron chi connectivity index (χ4n) is 3.10. The predicted octanol–water partition coefficient (Wildman–Crippen LogP) is 4.45. The van der Waals surface area contributed by atoms with Gasteiger partial charge in [-0.15, -0.1) is 0 Å². The van der Waals surface area contributed by atoms with Crippen LogP contribution in [0.5, 0.6) is 0 Å². The summed E-state index contributed by atoms with van der Waals surface area (Å²) < 4.78 is 13.0. The van der Waals surface area contributed by atoms with Gasteiger partial charge in [0.2, 0.25) is 0 Å². The van der Waals surface area contributed by atoms with Gasteiger partial charge in [0.1, 0.15) is 11.6 Å². The molecule has 1 nitrogen and oxygen atoms in total. The number of carbonyl (C=O) groups excluding carboxylic acids is 1. The lowest BCUT2D eigenvalue weighted by atomic mass is 9.74. The molecule has 0 radical (unpaired) electrons. The molecule has 1 fully saturated rings. The lowest BCUT2D eigenvalue weighted by Gasteiger charge is -2.28. The van der Waals surface area contributed by atoms with Crippen molar-refractivity contribution in [2.24, 2.45) is 0 Å². The van der Waals surface area contributed by atoms with E-state index in [1.165, 1.54) is 12.1 Å². The third-order valence-corrected chi connectivity index (χ3v) is 4.15. The number of hydrogen-bond donors (Lipinski definition) is 0. The van der Waals surface area contributed by atoms with Crippen LogP contribution in [0.15, 0.2) is 54.6 Å². The lowest BCUT2D eigenvalue weighted by molar-refractivity contribution is -0.123. The van der Waals surface area contributed by atoms with E-state index < -0.39 is 0 Å². The molecule has 2 aromatic carbocycles. The van der Waals surface area contributed by atoms with Gasteiger partial charge in [-0.3, -0.25) is 4.79 Å². The van der Waals surface area contributed by atoms with Crippen molar-refractivity contribution >= 4 is 5.78 Å². The average molecular weight is 268 g/mol. The maximum atomic E-state index is 13.0. The van der Waals surface area contributed by atoms with Crippen molar-refractivity contribution in [3.8, 4) is 0 Å². The van der Waals surface area contributed by atoms with Gasteiger partial charge in [-0.05, 0) is 36.1 Å². The molecule has 1 saturated carbocycles. The maximum Gasteiger partial charge on any atom is 0.147 e. The molecule has 0 saturated heterocycles. The molecule has 0 spiro atoms. The molecule has 1 aliphatic carbocycles. The van der Waals surface area contributed by atoms with Crippen molar-refractivity contribution in [3.63, 3.8) is 0 Å². The molecular weight excluding hydrogens is 251 g/mol. The smallest absolute Gasteiger partial charge is 0.147 e. The van der Waals surface area contributed by atoms with Gasteiger partial charge < -0.3 is 0 Å². The summed E-state index contributed by atoms with van der Waals surface area (Å²) in [6.07, 6.45) is 2.82. The van der Waals surface area contributed by atoms with E-state index in [-0.39, 0.29) is 23.4 Å². The molecule has 3 rings (SSSR count). The molecule has 2 atom stereocenters. The summed E-state index contributed by atoms with van der Waals surface area (Å²) in [5.74, 6) is -0.0831. The highest BCUT2D eigenvalue weighted by molar-refractivity contribution is 5.92. The normalized spacial score (nSPS) is 22.8. The summed E-state index contributed by atoms with van der Waals surface area (Å²) in [6.45, 7) is 0. The van der Waals surface area contributed by atoms with Crippen molar-refractivity contribution in [1.29, 1.82) is 0 Å². The van der Waals surface area contributed by atoms with E-state index in [0.717, 1.165) is 30.4 Å². The number of rotatable bonds is 2. The number of hydrogen-bond acceptors (Lipinski definition) is 1. The molecule has 102 valence electrons. The Hall–Kier alpha value is -1.96. The molecule has 0 aliphatic heterocycles. The average Bonchev–Trinajstić information content (AvgIpc) is 2.49. The van der Waals surface area contributed by atoms with E-state index >= 15 is 0 Å². The standard InChI is InChI=1S/C18H17FO/c19-15-11-9-14(10-12-15)17-8-4-7-16(18(17)20)13-5-2-1-3-6-13/h1-3,5-6,9-12,16-17H,4,7-8H2/t16-,17-/m0/s1. The first-order valence-corrected chi connectivity index (χ1v) is 7.10. The number of Topliss-reactive ketones (excluding diaryl/α,β-unsaturated/α-hetero) is 1. The highest BCUT2D eigenvalue weighted by Gasteiger charge is 2.32. The SMILES string of the molecule is O=C1[C@H](c2ccccc2)CCC[C@H]1c1ccc(F)cc1. The van der Waals surface area contributed by atoms with Crippen LogP contribution in [0.4, 0.5) is 4.39 Å². The molecule has 0 bridgehead atoms. The number of benzene rings is 2. The Morgan fingerprint density at radius 1 is 0.800 bits per heavy atom. The highest BCUT2D eigenvalue weighted by atomic mass is 19.1. The minimum Gasteiger partial charge on any atom is -0.298 e. The van der Waals surface area contributed by atoms with Gasteiger partial charge >= 0.3 is 0 Å². The van der Waals surface area contributed by atoms with Crippen LogP contribution < -0.4 is 0 Å². The van der Waals surface area contributed by atoms with E-state index in [1.807, 2.05) is 30.3 Å². The van der Waals surface area contributed by atoms with Gasteiger partial charge in [0.25, 0.3) is 0 Å². The Morgan fingerprint density at radius 2 is 1.35 bits per heavy atom. The van der Waals surface area contributed by atoms with Crippen LogP contribution in [-0.2, 0) is 4.79 Å². The van der Waals surface area contributed by atoms with Gasteiger partial charge in [0.05, 0.1) is 0 Å². The van der Waals surface area contributed by atoms with Gasteiger partial charge in [0.15, 0.2) is 0 Å². The van der Waals surface area contributed by atoms with E-state index in [0.29, 0.717) is 0 Å². The summed E-state index contributed by atoms with van der Waals surface area (Å²) >= 11 is 0. The Kier molecular flexibility index (Phi) is 3.64. The minimum atomic E-state index is -0.253. The zero-order valence-corrected chi connectivity index (χ0v) is 11.3. The third-order valence-electron chi connectivity index (χ3n) is 4.15. The molecule has 0 aromatic heterocycles. The van der Waals surface area contributed by atoms with Gasteiger partial charge in [0, 0.05) is 11.8 Å². The second kappa shape index (κ2) is 5.58. The fraction of sp³-hybridized carbons (Fsp3) is 0.278. The molecule has 2 heteroatoms. The van der Waals surface area contributed by atoms with Crippen LogP contribution in [0.2, 0.25) is 0 Å². The Balaban J connectivity index is 1.87. The number of ketones is 1. The van der Waals surface area contributed by atoms with Crippen LogP contribution in [-0.4, -0.2) is 5.78 Å². The van der Waals surface area contributed by atoms with Crippen molar-refractivity contribution in [2.75, 3.05) is 0 Å². The molecule has 0 unspecified atom stereocenters. The van der Waals surface area contributed by atoms with Crippen LogP contribution in [0.25, 0.3) is 0 Å². The van der Waals surface area contributed by atoms with Crippen molar-refractivity contribution in [2.45, 2.75) is 31.1 Å². The summed E-state index contributed by atoms with van der Waals surface area (Å²) in [4.78, 5) is 12.7. The van der Waals surface area contributed by atoms with E-state index in [1.54, 1.807) is 12.1 Å². The molecule has 20 heavy (non-hydrogen) atoms. The van der Waals surface area contributed by atoms with E-state index in [2.05, 4.69) is 0 Å². The monoisotopic (exact) mass is 268 g/mol. The van der Waals surface area contributed by atoms with E-state index in [9.17, 15) is 9.18 Å². The molecule has 2 aromatic rings. The van der Waals surface area contributed by atoms with Crippen LogP contribution >= 0.6 is 0 Å². The molecule has 1 aliphatic rings. The summed E-state index contributed by atoms with van der Waals surface area (Å²) in [5.41, 5.74) is 2.04. The Labute approximate surface area is 118 Å². The fourth-order valence-corrected chi connectivity index (χ4v) is 3.10. The Bertz CT molecular complexity index is 589. The second-order valence-electron chi connectivity index (χ2n) is 5.40. The zero-order valence-electron chi connectivity index (χ0n) is 11.3. The molecule has 0 N–H and O–H groups in total. The van der Waals surface area contributed by atoms with Crippen LogP contribution in [0, 0.1) is 5.82 Å². The van der Waals surface area contributed by atoms with Crippen molar-refractivity contribution < 1.29 is 9.18 Å². The van der Waals surface area contributed by atoms with Crippen LogP contribution in [0.3, 0.4) is 0 Å². The zero-order chi connectivity index (χ0) is 13.9. The summed E-state index contributed by atoms with van der Waals surface area (Å²) in [6, 6.07) is 16.3. The number of carbonyl (C=O) groups is 1. The highest BCUT2D eigenvalue weighted by Crippen LogP contribution is 2.38. The van der Waals surface area contributed by atoms with Crippen molar-refractivity contribution in [3.05, 3.63) is 71.5 Å². The predicted molar refractivity (Wildman–Crippen MR) is 77.2 cm³/mol. The molecule has 0 amide bonds. The molecular formula is C18H17FO. The third kappa shape index (κ3) is 2.51. The maximum absolute atomic E-state index is 13.0. The molecule has 0 heterocycles. The van der Waals surface area contributed by atoms with Crippen LogP contribution in [0.1, 0.15) is 42.2 Å². The first-order chi connectivity index (χ1) is 9.75. The van der Waals surface area contributed by atoms with E-state index in [4.69, 9.17) is 0 Å². The second-order valence-corrected chi connectivity index (χ2v) is 5.40. The lowest BCUT2D eigenvalue weighted by Crippen LogP contribution is -2.25.